The Labute approximate surface area is 133 Å². The van der Waals surface area contributed by atoms with E-state index < -0.39 is 6.09 Å². The number of nitrogens with one attached hydrogen (secondary N) is 2. The van der Waals surface area contributed by atoms with E-state index in [1.807, 2.05) is 6.20 Å². The summed E-state index contributed by atoms with van der Waals surface area (Å²) in [5, 5.41) is 12.2. The fourth-order valence-corrected chi connectivity index (χ4v) is 3.24. The van der Waals surface area contributed by atoms with Gasteiger partial charge in [-0.05, 0) is 37.7 Å². The maximum atomic E-state index is 10.7. The molecule has 0 bridgehead atoms. The summed E-state index contributed by atoms with van der Waals surface area (Å²) < 4.78 is 0. The monoisotopic (exact) mass is 313 g/mol. The maximum absolute atomic E-state index is 10.7. The minimum atomic E-state index is -0.968. The zero-order valence-corrected chi connectivity index (χ0v) is 12.7. The molecule has 2 aliphatic carbocycles. The predicted octanol–water partition coefficient (Wildman–Crippen LogP) is 2.62. The van der Waals surface area contributed by atoms with E-state index in [0.717, 1.165) is 48.1 Å². The highest BCUT2D eigenvalue weighted by atomic mass is 16.4. The molecule has 1 saturated carbocycles. The molecule has 7 nitrogen and oxygen atoms in total. The fourth-order valence-electron chi connectivity index (χ4n) is 3.24. The van der Waals surface area contributed by atoms with Crippen LogP contribution in [0.2, 0.25) is 0 Å². The SMILES string of the molecule is Nc1nc(C2CC2)nc2[nH]cc(C3=CCC(NC(=O)O)CC3)c12. The van der Waals surface area contributed by atoms with Crippen molar-refractivity contribution in [1.29, 1.82) is 0 Å². The summed E-state index contributed by atoms with van der Waals surface area (Å²) in [5.74, 6) is 1.83. The molecule has 1 amide bonds. The molecule has 2 aromatic heterocycles. The van der Waals surface area contributed by atoms with Gasteiger partial charge in [0.1, 0.15) is 17.3 Å². The van der Waals surface area contributed by atoms with Crippen molar-refractivity contribution in [2.24, 2.45) is 0 Å². The van der Waals surface area contributed by atoms with Crippen molar-refractivity contribution in [3.8, 4) is 0 Å². The third kappa shape index (κ3) is 2.62. The lowest BCUT2D eigenvalue weighted by atomic mass is 9.91. The third-order valence-corrected chi connectivity index (χ3v) is 4.60. The van der Waals surface area contributed by atoms with Crippen LogP contribution in [0.25, 0.3) is 16.6 Å². The van der Waals surface area contributed by atoms with E-state index in [2.05, 4.69) is 26.3 Å². The predicted molar refractivity (Wildman–Crippen MR) is 87.1 cm³/mol. The Morgan fingerprint density at radius 1 is 1.35 bits per heavy atom. The Kier molecular flexibility index (Phi) is 3.21. The van der Waals surface area contributed by atoms with E-state index >= 15 is 0 Å². The van der Waals surface area contributed by atoms with Gasteiger partial charge in [0.15, 0.2) is 0 Å². The summed E-state index contributed by atoms with van der Waals surface area (Å²) in [4.78, 5) is 23.0. The number of nitrogen functional groups attached to an aromatic ring is 1. The van der Waals surface area contributed by atoms with Crippen molar-refractivity contribution in [2.45, 2.75) is 44.1 Å². The molecule has 2 heterocycles. The van der Waals surface area contributed by atoms with Crippen LogP contribution in [0.5, 0.6) is 0 Å². The van der Waals surface area contributed by atoms with Crippen molar-refractivity contribution in [1.82, 2.24) is 20.3 Å². The van der Waals surface area contributed by atoms with E-state index in [1.165, 1.54) is 5.57 Å². The lowest BCUT2D eigenvalue weighted by molar-refractivity contribution is 0.189. The number of carboxylic acid groups (broad SMARTS) is 1. The first kappa shape index (κ1) is 14.0. The molecule has 0 spiro atoms. The minimum Gasteiger partial charge on any atom is -0.465 e. The summed E-state index contributed by atoms with van der Waals surface area (Å²) in [6.07, 6.45) is 7.61. The highest BCUT2D eigenvalue weighted by Crippen LogP contribution is 2.40. The van der Waals surface area contributed by atoms with Gasteiger partial charge in [-0.2, -0.15) is 0 Å². The molecule has 0 radical (unpaired) electrons. The summed E-state index contributed by atoms with van der Waals surface area (Å²) in [7, 11) is 0. The van der Waals surface area contributed by atoms with Crippen LogP contribution in [0.3, 0.4) is 0 Å². The van der Waals surface area contributed by atoms with Crippen LogP contribution in [0, 0.1) is 0 Å². The number of nitrogens with two attached hydrogens (primary N) is 1. The van der Waals surface area contributed by atoms with Gasteiger partial charge in [0.25, 0.3) is 0 Å². The van der Waals surface area contributed by atoms with Crippen LogP contribution in [0.1, 0.15) is 49.4 Å². The Morgan fingerprint density at radius 3 is 2.83 bits per heavy atom. The lowest BCUT2D eigenvalue weighted by Crippen LogP contribution is -2.34. The highest BCUT2D eigenvalue weighted by molar-refractivity contribution is 5.97. The third-order valence-electron chi connectivity index (χ3n) is 4.60. The quantitative estimate of drug-likeness (QED) is 0.695. The van der Waals surface area contributed by atoms with Gasteiger partial charge in [0, 0.05) is 23.7 Å². The molecule has 0 aromatic carbocycles. The molecule has 2 aliphatic rings. The molecule has 4 rings (SSSR count). The Hall–Kier alpha value is -2.57. The number of amides is 1. The Balaban J connectivity index is 1.64. The van der Waals surface area contributed by atoms with Gasteiger partial charge in [0.2, 0.25) is 0 Å². The van der Waals surface area contributed by atoms with E-state index in [1.54, 1.807) is 0 Å². The number of aromatic amines is 1. The molecule has 5 N–H and O–H groups in total. The van der Waals surface area contributed by atoms with Crippen LogP contribution in [0.4, 0.5) is 10.6 Å². The molecule has 1 atom stereocenters. The van der Waals surface area contributed by atoms with Crippen LogP contribution in [-0.2, 0) is 0 Å². The second kappa shape index (κ2) is 5.26. The number of anilines is 1. The van der Waals surface area contributed by atoms with Crippen molar-refractivity contribution in [3.63, 3.8) is 0 Å². The normalized spacial score (nSPS) is 21.2. The molecule has 0 saturated heterocycles. The molecule has 120 valence electrons. The minimum absolute atomic E-state index is 0.0171. The standard InChI is InChI=1S/C16H19N5O2/c17-13-12-11(8-3-5-10(6-4-8)19-16(22)23)7-18-15(12)21-14(20-13)9-1-2-9/h3,7,9-10,19H,1-2,4-6H2,(H,22,23)(H3,17,18,20,21). The summed E-state index contributed by atoms with van der Waals surface area (Å²) in [6, 6.07) is -0.0171. The largest absolute Gasteiger partial charge is 0.465 e. The Bertz CT molecular complexity index is 806. The lowest BCUT2D eigenvalue weighted by Gasteiger charge is -2.21. The summed E-state index contributed by atoms with van der Waals surface area (Å²) >= 11 is 0. The fraction of sp³-hybridized carbons (Fsp3) is 0.438. The molecule has 0 aliphatic heterocycles. The molecule has 1 fully saturated rings. The number of H-pyrrole nitrogens is 1. The van der Waals surface area contributed by atoms with Gasteiger partial charge in [-0.25, -0.2) is 14.8 Å². The first-order chi connectivity index (χ1) is 11.1. The van der Waals surface area contributed by atoms with Gasteiger partial charge in [-0.1, -0.05) is 6.08 Å². The van der Waals surface area contributed by atoms with Crippen molar-refractivity contribution < 1.29 is 9.90 Å². The smallest absolute Gasteiger partial charge is 0.404 e. The van der Waals surface area contributed by atoms with Gasteiger partial charge in [-0.15, -0.1) is 0 Å². The molecule has 1 unspecified atom stereocenters. The number of allylic oxidation sites excluding steroid dienone is 1. The van der Waals surface area contributed by atoms with Crippen LogP contribution < -0.4 is 11.1 Å². The second-order valence-corrected chi connectivity index (χ2v) is 6.32. The number of aromatic nitrogens is 3. The average molecular weight is 313 g/mol. The van der Waals surface area contributed by atoms with Gasteiger partial charge in [-0.3, -0.25) is 0 Å². The summed E-state index contributed by atoms with van der Waals surface area (Å²) in [6.45, 7) is 0. The summed E-state index contributed by atoms with van der Waals surface area (Å²) in [5.41, 5.74) is 9.18. The number of rotatable bonds is 3. The van der Waals surface area contributed by atoms with Gasteiger partial charge < -0.3 is 21.1 Å². The molecular weight excluding hydrogens is 294 g/mol. The van der Waals surface area contributed by atoms with Crippen molar-refractivity contribution in [3.05, 3.63) is 23.7 Å². The van der Waals surface area contributed by atoms with Crippen LogP contribution in [-0.4, -0.2) is 32.2 Å². The molecule has 23 heavy (non-hydrogen) atoms. The van der Waals surface area contributed by atoms with E-state index in [4.69, 9.17) is 10.8 Å². The van der Waals surface area contributed by atoms with Crippen molar-refractivity contribution >= 4 is 28.5 Å². The van der Waals surface area contributed by atoms with Gasteiger partial charge in [0.05, 0.1) is 5.39 Å². The number of carbonyl (C=O) groups is 1. The highest BCUT2D eigenvalue weighted by Gasteiger charge is 2.28. The van der Waals surface area contributed by atoms with Gasteiger partial charge >= 0.3 is 6.09 Å². The number of nitrogens with zero attached hydrogens (tertiary/aromatic N) is 2. The Morgan fingerprint density at radius 2 is 2.17 bits per heavy atom. The van der Waals surface area contributed by atoms with E-state index in [0.29, 0.717) is 18.2 Å². The maximum Gasteiger partial charge on any atom is 0.404 e. The van der Waals surface area contributed by atoms with Crippen LogP contribution in [0.15, 0.2) is 12.3 Å². The average Bonchev–Trinajstić information content (AvgIpc) is 3.27. The molecule has 2 aromatic rings. The van der Waals surface area contributed by atoms with E-state index in [9.17, 15) is 4.79 Å². The second-order valence-electron chi connectivity index (χ2n) is 6.32. The zero-order valence-electron chi connectivity index (χ0n) is 12.7. The first-order valence-electron chi connectivity index (χ1n) is 7.95. The number of hydrogen-bond donors (Lipinski definition) is 4. The zero-order chi connectivity index (χ0) is 16.0. The number of fused-ring (bicyclic) bond motifs is 1. The first-order valence-corrected chi connectivity index (χ1v) is 7.95. The number of hydrogen-bond acceptors (Lipinski definition) is 4. The van der Waals surface area contributed by atoms with E-state index in [-0.39, 0.29) is 6.04 Å². The van der Waals surface area contributed by atoms with Crippen molar-refractivity contribution in [2.75, 3.05) is 5.73 Å². The topological polar surface area (TPSA) is 117 Å². The molecule has 7 heteroatoms. The van der Waals surface area contributed by atoms with Crippen LogP contribution >= 0.6 is 0 Å². The molecular formula is C16H19N5O2.